The lowest BCUT2D eigenvalue weighted by Gasteiger charge is -2.10. The van der Waals surface area contributed by atoms with E-state index in [4.69, 9.17) is 0 Å². The Bertz CT molecular complexity index is 648. The van der Waals surface area contributed by atoms with Gasteiger partial charge in [0.2, 0.25) is 0 Å². The average Bonchev–Trinajstić information content (AvgIpc) is 2.79. The van der Waals surface area contributed by atoms with Gasteiger partial charge in [-0.25, -0.2) is 4.98 Å². The molecule has 1 aromatic carbocycles. The normalized spacial score (nSPS) is 14.2. The number of rotatable bonds is 4. The number of aromatic nitrogens is 2. The minimum atomic E-state index is -0.0710. The number of carbonyl (C=O) groups is 1. The number of aryl methyl sites for hydroxylation is 1. The lowest BCUT2D eigenvalue weighted by atomic mass is 10.2. The number of amides is 1. The molecule has 0 unspecified atom stereocenters. The molecule has 0 saturated carbocycles. The topological polar surface area (TPSA) is 46.9 Å². The van der Waals surface area contributed by atoms with Crippen LogP contribution in [-0.4, -0.2) is 21.7 Å². The van der Waals surface area contributed by atoms with Crippen LogP contribution in [0.3, 0.4) is 0 Å². The number of benzene rings is 1. The molecule has 0 aliphatic carbocycles. The Morgan fingerprint density at radius 3 is 2.86 bits per heavy atom. The van der Waals surface area contributed by atoms with Crippen LogP contribution in [0.2, 0.25) is 0 Å². The maximum atomic E-state index is 12.5. The van der Waals surface area contributed by atoms with Gasteiger partial charge < -0.3 is 9.88 Å². The second kappa shape index (κ2) is 7.01. The van der Waals surface area contributed by atoms with E-state index in [9.17, 15) is 4.79 Å². The fourth-order valence-corrected chi connectivity index (χ4v) is 3.35. The molecule has 22 heavy (non-hydrogen) atoms. The minimum absolute atomic E-state index is 0.0710. The summed E-state index contributed by atoms with van der Waals surface area (Å²) in [6, 6.07) is 8.04. The van der Waals surface area contributed by atoms with Crippen molar-refractivity contribution in [1.82, 2.24) is 9.55 Å². The van der Waals surface area contributed by atoms with E-state index in [-0.39, 0.29) is 5.91 Å². The summed E-state index contributed by atoms with van der Waals surface area (Å²) in [6.45, 7) is 0.894. The van der Waals surface area contributed by atoms with Gasteiger partial charge in [-0.15, -0.1) is 0 Å². The van der Waals surface area contributed by atoms with E-state index in [0.29, 0.717) is 5.69 Å². The van der Waals surface area contributed by atoms with Gasteiger partial charge in [0.1, 0.15) is 11.5 Å². The van der Waals surface area contributed by atoms with Gasteiger partial charge in [-0.05, 0) is 36.8 Å². The van der Waals surface area contributed by atoms with E-state index in [0.717, 1.165) is 43.1 Å². The molecule has 0 saturated heterocycles. The van der Waals surface area contributed by atoms with E-state index in [1.807, 2.05) is 12.1 Å². The first kappa shape index (κ1) is 15.2. The van der Waals surface area contributed by atoms with Gasteiger partial charge in [0, 0.05) is 24.4 Å². The SMILES string of the molecule is CSCc1ccc(NC(=O)c2cnc3n2CCCCC3)cc1. The Morgan fingerprint density at radius 2 is 2.09 bits per heavy atom. The molecular weight excluding hydrogens is 294 g/mol. The smallest absolute Gasteiger partial charge is 0.273 e. The van der Waals surface area contributed by atoms with Crippen molar-refractivity contribution in [1.29, 1.82) is 0 Å². The fourth-order valence-electron chi connectivity index (χ4n) is 2.82. The van der Waals surface area contributed by atoms with Gasteiger partial charge in [0.25, 0.3) is 5.91 Å². The van der Waals surface area contributed by atoms with E-state index in [1.165, 1.54) is 12.0 Å². The Labute approximate surface area is 135 Å². The van der Waals surface area contributed by atoms with Crippen molar-refractivity contribution >= 4 is 23.4 Å². The zero-order valence-electron chi connectivity index (χ0n) is 12.8. The third-order valence-corrected chi connectivity index (χ3v) is 4.60. The number of fused-ring (bicyclic) bond motifs is 1. The van der Waals surface area contributed by atoms with Crippen LogP contribution in [0.15, 0.2) is 30.5 Å². The van der Waals surface area contributed by atoms with Crippen molar-refractivity contribution in [3.63, 3.8) is 0 Å². The predicted molar refractivity (Wildman–Crippen MR) is 91.4 cm³/mol. The molecule has 2 heterocycles. The Morgan fingerprint density at radius 1 is 1.27 bits per heavy atom. The average molecular weight is 315 g/mol. The van der Waals surface area contributed by atoms with Crippen molar-refractivity contribution in [2.24, 2.45) is 0 Å². The number of nitrogens with one attached hydrogen (secondary N) is 1. The molecule has 0 radical (unpaired) electrons. The van der Waals surface area contributed by atoms with Crippen LogP contribution in [0.25, 0.3) is 0 Å². The monoisotopic (exact) mass is 315 g/mol. The van der Waals surface area contributed by atoms with Crippen LogP contribution in [0.5, 0.6) is 0 Å². The minimum Gasteiger partial charge on any atom is -0.324 e. The highest BCUT2D eigenvalue weighted by Crippen LogP contribution is 2.18. The van der Waals surface area contributed by atoms with Crippen LogP contribution in [-0.2, 0) is 18.7 Å². The van der Waals surface area contributed by atoms with E-state index in [1.54, 1.807) is 18.0 Å². The maximum Gasteiger partial charge on any atom is 0.273 e. The van der Waals surface area contributed by atoms with Crippen LogP contribution in [0, 0.1) is 0 Å². The Kier molecular flexibility index (Phi) is 4.83. The van der Waals surface area contributed by atoms with Gasteiger partial charge in [-0.3, -0.25) is 4.79 Å². The zero-order chi connectivity index (χ0) is 15.4. The summed E-state index contributed by atoms with van der Waals surface area (Å²) in [5.74, 6) is 1.96. The largest absolute Gasteiger partial charge is 0.324 e. The summed E-state index contributed by atoms with van der Waals surface area (Å²) < 4.78 is 2.07. The molecule has 0 fully saturated rings. The van der Waals surface area contributed by atoms with Crippen LogP contribution >= 0.6 is 11.8 Å². The van der Waals surface area contributed by atoms with Gasteiger partial charge >= 0.3 is 0 Å². The second-order valence-electron chi connectivity index (χ2n) is 5.61. The van der Waals surface area contributed by atoms with Crippen LogP contribution in [0.1, 0.15) is 41.1 Å². The summed E-state index contributed by atoms with van der Waals surface area (Å²) in [5, 5.41) is 2.98. The molecule has 0 bridgehead atoms. The third kappa shape index (κ3) is 3.35. The molecule has 1 aromatic heterocycles. The van der Waals surface area contributed by atoms with E-state index in [2.05, 4.69) is 33.3 Å². The highest BCUT2D eigenvalue weighted by atomic mass is 32.2. The quantitative estimate of drug-likeness (QED) is 0.935. The maximum absolute atomic E-state index is 12.5. The molecule has 1 aliphatic rings. The molecule has 116 valence electrons. The van der Waals surface area contributed by atoms with Crippen molar-refractivity contribution in [2.75, 3.05) is 11.6 Å². The van der Waals surface area contributed by atoms with Gasteiger partial charge in [-0.2, -0.15) is 11.8 Å². The number of thioether (sulfide) groups is 1. The summed E-state index contributed by atoms with van der Waals surface area (Å²) in [5.41, 5.74) is 2.77. The second-order valence-corrected chi connectivity index (χ2v) is 6.47. The summed E-state index contributed by atoms with van der Waals surface area (Å²) in [4.78, 5) is 16.9. The summed E-state index contributed by atoms with van der Waals surface area (Å²) in [7, 11) is 0. The van der Waals surface area contributed by atoms with Crippen LogP contribution < -0.4 is 5.32 Å². The number of hydrogen-bond donors (Lipinski definition) is 1. The van der Waals surface area contributed by atoms with Crippen molar-refractivity contribution in [3.8, 4) is 0 Å². The number of imidazole rings is 1. The molecule has 1 N–H and O–H groups in total. The van der Waals surface area contributed by atoms with Crippen molar-refractivity contribution < 1.29 is 4.79 Å². The molecule has 5 heteroatoms. The molecule has 1 amide bonds. The van der Waals surface area contributed by atoms with Crippen molar-refractivity contribution in [2.45, 2.75) is 38.0 Å². The first-order valence-corrected chi connectivity index (χ1v) is 9.11. The first-order valence-electron chi connectivity index (χ1n) is 7.71. The first-order chi connectivity index (χ1) is 10.8. The zero-order valence-corrected chi connectivity index (χ0v) is 13.7. The number of hydrogen-bond acceptors (Lipinski definition) is 3. The Hall–Kier alpha value is -1.75. The lowest BCUT2D eigenvalue weighted by molar-refractivity contribution is 0.101. The molecule has 0 atom stereocenters. The predicted octanol–water partition coefficient (Wildman–Crippen LogP) is 3.72. The van der Waals surface area contributed by atoms with Crippen molar-refractivity contribution in [3.05, 3.63) is 47.5 Å². The van der Waals surface area contributed by atoms with Gasteiger partial charge in [0.15, 0.2) is 0 Å². The molecule has 2 aromatic rings. The third-order valence-electron chi connectivity index (χ3n) is 3.98. The standard InChI is InChI=1S/C17H21N3OS/c1-22-12-13-6-8-14(9-7-13)19-17(21)15-11-18-16-5-3-2-4-10-20(15)16/h6-9,11H,2-5,10,12H2,1H3,(H,19,21). The molecule has 3 rings (SSSR count). The van der Waals surface area contributed by atoms with Crippen LogP contribution in [0.4, 0.5) is 5.69 Å². The summed E-state index contributed by atoms with van der Waals surface area (Å²) >= 11 is 1.79. The molecule has 4 nitrogen and oxygen atoms in total. The molecule has 1 aliphatic heterocycles. The fraction of sp³-hybridized carbons (Fsp3) is 0.412. The van der Waals surface area contributed by atoms with Gasteiger partial charge in [0.05, 0.1) is 6.20 Å². The summed E-state index contributed by atoms with van der Waals surface area (Å²) in [6.07, 6.45) is 8.25. The highest BCUT2D eigenvalue weighted by molar-refractivity contribution is 7.97. The number of carbonyl (C=O) groups excluding carboxylic acids is 1. The number of anilines is 1. The molecule has 0 spiro atoms. The Balaban J connectivity index is 1.73. The highest BCUT2D eigenvalue weighted by Gasteiger charge is 2.18. The number of nitrogens with zero attached hydrogens (tertiary/aromatic N) is 2. The van der Waals surface area contributed by atoms with E-state index >= 15 is 0 Å². The van der Waals surface area contributed by atoms with Gasteiger partial charge in [-0.1, -0.05) is 18.6 Å². The van der Waals surface area contributed by atoms with E-state index < -0.39 is 0 Å². The molecular formula is C17H21N3OS. The lowest BCUT2D eigenvalue weighted by Crippen LogP contribution is -2.17.